The average Bonchev–Trinajstić information content (AvgIpc) is 3.03. The SMILES string of the molecule is CC(C)CC1(CNC(=O)C2Cc3cc(F)ccc3O2)CC1. The Morgan fingerprint density at radius 2 is 2.24 bits per heavy atom. The van der Waals surface area contributed by atoms with Crippen LogP contribution in [0.1, 0.15) is 38.7 Å². The topological polar surface area (TPSA) is 38.3 Å². The Kier molecular flexibility index (Phi) is 3.64. The van der Waals surface area contributed by atoms with Crippen molar-refractivity contribution < 1.29 is 13.9 Å². The quantitative estimate of drug-likeness (QED) is 0.905. The van der Waals surface area contributed by atoms with Gasteiger partial charge in [-0.3, -0.25) is 4.79 Å². The minimum Gasteiger partial charge on any atom is -0.480 e. The molecule has 0 saturated heterocycles. The van der Waals surface area contributed by atoms with Crippen molar-refractivity contribution in [3.63, 3.8) is 0 Å². The van der Waals surface area contributed by atoms with Gasteiger partial charge in [-0.05, 0) is 48.8 Å². The lowest BCUT2D eigenvalue weighted by Gasteiger charge is -2.19. The van der Waals surface area contributed by atoms with Gasteiger partial charge in [0.15, 0.2) is 6.10 Å². The Hall–Kier alpha value is -1.58. The van der Waals surface area contributed by atoms with Crippen LogP contribution in [0.15, 0.2) is 18.2 Å². The van der Waals surface area contributed by atoms with E-state index in [4.69, 9.17) is 4.74 Å². The highest BCUT2D eigenvalue weighted by molar-refractivity contribution is 5.82. The summed E-state index contributed by atoms with van der Waals surface area (Å²) in [6.45, 7) is 5.16. The van der Waals surface area contributed by atoms with Gasteiger partial charge in [0.25, 0.3) is 5.91 Å². The predicted octanol–water partition coefficient (Wildman–Crippen LogP) is 3.07. The predicted molar refractivity (Wildman–Crippen MR) is 78.7 cm³/mol. The first-order valence-corrected chi connectivity index (χ1v) is 7.70. The number of ether oxygens (including phenoxy) is 1. The fraction of sp³-hybridized carbons (Fsp3) is 0.588. The van der Waals surface area contributed by atoms with E-state index in [1.54, 1.807) is 6.07 Å². The maximum absolute atomic E-state index is 13.2. The Labute approximate surface area is 124 Å². The Morgan fingerprint density at radius 3 is 2.90 bits per heavy atom. The van der Waals surface area contributed by atoms with Crippen molar-refractivity contribution in [1.29, 1.82) is 0 Å². The molecule has 1 aromatic carbocycles. The van der Waals surface area contributed by atoms with Crippen molar-refractivity contribution in [3.05, 3.63) is 29.6 Å². The molecule has 0 bridgehead atoms. The standard InChI is InChI=1S/C17H22FNO2/c1-11(2)9-17(5-6-17)10-19-16(20)15-8-12-7-13(18)3-4-14(12)21-15/h3-4,7,11,15H,5-6,8-10H2,1-2H3,(H,19,20). The first-order valence-electron chi connectivity index (χ1n) is 7.70. The fourth-order valence-electron chi connectivity index (χ4n) is 3.25. The van der Waals surface area contributed by atoms with Gasteiger partial charge in [-0.15, -0.1) is 0 Å². The third-order valence-corrected chi connectivity index (χ3v) is 4.43. The highest BCUT2D eigenvalue weighted by Gasteiger charge is 2.43. The third kappa shape index (κ3) is 3.20. The molecular formula is C17H22FNO2. The largest absolute Gasteiger partial charge is 0.480 e. The smallest absolute Gasteiger partial charge is 0.261 e. The highest BCUT2D eigenvalue weighted by Crippen LogP contribution is 2.50. The van der Waals surface area contributed by atoms with Gasteiger partial charge in [-0.2, -0.15) is 0 Å². The van der Waals surface area contributed by atoms with E-state index in [1.807, 2.05) is 0 Å². The number of amides is 1. The lowest BCUT2D eigenvalue weighted by Crippen LogP contribution is -2.40. The molecule has 1 unspecified atom stereocenters. The van der Waals surface area contributed by atoms with Crippen molar-refractivity contribution in [2.75, 3.05) is 6.54 Å². The molecule has 2 aliphatic rings. The molecule has 1 aromatic rings. The summed E-state index contributed by atoms with van der Waals surface area (Å²) < 4.78 is 18.8. The van der Waals surface area contributed by atoms with Crippen LogP contribution < -0.4 is 10.1 Å². The van der Waals surface area contributed by atoms with E-state index in [9.17, 15) is 9.18 Å². The van der Waals surface area contributed by atoms with Crippen molar-refractivity contribution in [2.24, 2.45) is 11.3 Å². The Bertz CT molecular complexity index is 552. The third-order valence-electron chi connectivity index (χ3n) is 4.43. The van der Waals surface area contributed by atoms with E-state index in [0.29, 0.717) is 23.5 Å². The number of hydrogen-bond donors (Lipinski definition) is 1. The van der Waals surface area contributed by atoms with Gasteiger partial charge >= 0.3 is 0 Å². The van der Waals surface area contributed by atoms with Gasteiger partial charge in [-0.1, -0.05) is 13.8 Å². The van der Waals surface area contributed by atoms with Crippen LogP contribution in [0.5, 0.6) is 5.75 Å². The van der Waals surface area contributed by atoms with Crippen LogP contribution in [0.4, 0.5) is 4.39 Å². The van der Waals surface area contributed by atoms with Crippen LogP contribution in [0.3, 0.4) is 0 Å². The molecule has 1 saturated carbocycles. The van der Waals surface area contributed by atoms with E-state index in [1.165, 1.54) is 25.0 Å². The van der Waals surface area contributed by atoms with Crippen molar-refractivity contribution in [3.8, 4) is 5.75 Å². The number of carbonyl (C=O) groups excluding carboxylic acids is 1. The molecule has 0 radical (unpaired) electrons. The molecular weight excluding hydrogens is 269 g/mol. The van der Waals surface area contributed by atoms with Gasteiger partial charge in [0.1, 0.15) is 11.6 Å². The minimum absolute atomic E-state index is 0.0818. The molecule has 3 rings (SSSR count). The lowest BCUT2D eigenvalue weighted by molar-refractivity contribution is -0.127. The van der Waals surface area contributed by atoms with Crippen LogP contribution in [-0.4, -0.2) is 18.6 Å². The number of halogens is 1. The summed E-state index contributed by atoms with van der Waals surface area (Å²) in [4.78, 5) is 12.2. The maximum Gasteiger partial charge on any atom is 0.261 e. The summed E-state index contributed by atoms with van der Waals surface area (Å²) in [5.74, 6) is 0.910. The zero-order valence-electron chi connectivity index (χ0n) is 12.6. The number of hydrogen-bond acceptors (Lipinski definition) is 2. The number of benzene rings is 1. The van der Waals surface area contributed by atoms with Crippen molar-refractivity contribution in [2.45, 2.75) is 45.6 Å². The Morgan fingerprint density at radius 1 is 1.48 bits per heavy atom. The molecule has 1 atom stereocenters. The Balaban J connectivity index is 1.54. The van der Waals surface area contributed by atoms with Crippen LogP contribution in [0.2, 0.25) is 0 Å². The number of carbonyl (C=O) groups is 1. The lowest BCUT2D eigenvalue weighted by atomic mass is 9.94. The van der Waals surface area contributed by atoms with Gasteiger partial charge in [0.05, 0.1) is 0 Å². The zero-order valence-corrected chi connectivity index (χ0v) is 12.6. The second-order valence-electron chi connectivity index (χ2n) is 6.88. The molecule has 1 N–H and O–H groups in total. The van der Waals surface area contributed by atoms with Gasteiger partial charge in [-0.25, -0.2) is 4.39 Å². The highest BCUT2D eigenvalue weighted by atomic mass is 19.1. The molecule has 1 aliphatic carbocycles. The van der Waals surface area contributed by atoms with E-state index in [2.05, 4.69) is 19.2 Å². The second kappa shape index (κ2) is 5.32. The summed E-state index contributed by atoms with van der Waals surface area (Å²) in [7, 11) is 0. The molecule has 1 amide bonds. The molecule has 1 aliphatic heterocycles. The molecule has 21 heavy (non-hydrogen) atoms. The van der Waals surface area contributed by atoms with Crippen LogP contribution in [0.25, 0.3) is 0 Å². The molecule has 0 spiro atoms. The van der Waals surface area contributed by atoms with Crippen molar-refractivity contribution in [1.82, 2.24) is 5.32 Å². The molecule has 114 valence electrons. The summed E-state index contributed by atoms with van der Waals surface area (Å²) in [5, 5.41) is 3.02. The molecule has 1 heterocycles. The monoisotopic (exact) mass is 291 g/mol. The molecule has 4 heteroatoms. The van der Waals surface area contributed by atoms with Crippen LogP contribution >= 0.6 is 0 Å². The summed E-state index contributed by atoms with van der Waals surface area (Å²) in [5.41, 5.74) is 1.08. The average molecular weight is 291 g/mol. The van der Waals surface area contributed by atoms with Crippen molar-refractivity contribution >= 4 is 5.91 Å². The maximum atomic E-state index is 13.2. The summed E-state index contributed by atoms with van der Waals surface area (Å²) in [6, 6.07) is 4.41. The molecule has 0 aromatic heterocycles. The van der Waals surface area contributed by atoms with Crippen LogP contribution in [-0.2, 0) is 11.2 Å². The first-order chi connectivity index (χ1) is 9.97. The zero-order chi connectivity index (χ0) is 15.0. The normalized spacial score (nSPS) is 21.8. The summed E-state index contributed by atoms with van der Waals surface area (Å²) >= 11 is 0. The minimum atomic E-state index is -0.517. The number of fused-ring (bicyclic) bond motifs is 1. The van der Waals surface area contributed by atoms with E-state index < -0.39 is 6.10 Å². The van der Waals surface area contributed by atoms with E-state index in [-0.39, 0.29) is 11.7 Å². The first kappa shape index (κ1) is 14.4. The fourth-order valence-corrected chi connectivity index (χ4v) is 3.25. The molecule has 1 fully saturated rings. The van der Waals surface area contributed by atoms with Gasteiger partial charge in [0.2, 0.25) is 0 Å². The van der Waals surface area contributed by atoms with Gasteiger partial charge < -0.3 is 10.1 Å². The van der Waals surface area contributed by atoms with Gasteiger partial charge in [0, 0.05) is 18.5 Å². The molecule has 3 nitrogen and oxygen atoms in total. The van der Waals surface area contributed by atoms with Crippen LogP contribution in [0, 0.1) is 17.2 Å². The number of nitrogens with one attached hydrogen (secondary N) is 1. The number of rotatable bonds is 5. The van der Waals surface area contributed by atoms with E-state index >= 15 is 0 Å². The second-order valence-corrected chi connectivity index (χ2v) is 6.88. The van der Waals surface area contributed by atoms with E-state index in [0.717, 1.165) is 18.5 Å². The summed E-state index contributed by atoms with van der Waals surface area (Å²) in [6.07, 6.45) is 3.49.